The number of nitrogens with zero attached hydrogens (tertiary/aromatic N) is 2. The van der Waals surface area contributed by atoms with Gasteiger partial charge in [-0.05, 0) is 48.0 Å². The molecule has 5 rings (SSSR count). The minimum absolute atomic E-state index is 0.000735. The lowest BCUT2D eigenvalue weighted by Gasteiger charge is -2.25. The minimum atomic E-state index is -0.885. The molecule has 0 radical (unpaired) electrons. The molecule has 0 bridgehead atoms. The van der Waals surface area contributed by atoms with Gasteiger partial charge in [0.25, 0.3) is 11.7 Å². The second kappa shape index (κ2) is 8.83. The van der Waals surface area contributed by atoms with E-state index in [0.717, 1.165) is 10.8 Å². The molecule has 34 heavy (non-hydrogen) atoms. The van der Waals surface area contributed by atoms with Gasteiger partial charge in [-0.15, -0.1) is 0 Å². The molecule has 1 fully saturated rings. The zero-order valence-corrected chi connectivity index (χ0v) is 18.5. The first kappa shape index (κ1) is 21.4. The average molecular weight is 450 g/mol. The summed E-state index contributed by atoms with van der Waals surface area (Å²) in [6.45, 7) is 2.34. The molecule has 4 aromatic rings. The van der Waals surface area contributed by atoms with E-state index in [1.54, 1.807) is 54.7 Å². The fourth-order valence-corrected chi connectivity index (χ4v) is 4.30. The van der Waals surface area contributed by atoms with E-state index in [-0.39, 0.29) is 11.3 Å². The maximum atomic E-state index is 13.3. The predicted molar refractivity (Wildman–Crippen MR) is 131 cm³/mol. The van der Waals surface area contributed by atoms with Crippen LogP contribution < -0.4 is 9.64 Å². The van der Waals surface area contributed by atoms with Gasteiger partial charge in [-0.2, -0.15) is 0 Å². The highest BCUT2D eigenvalue weighted by Gasteiger charge is 2.47. The number of aliphatic hydroxyl groups excluding tert-OH is 1. The molecule has 1 aliphatic heterocycles. The quantitative estimate of drug-likeness (QED) is 0.255. The maximum absolute atomic E-state index is 13.3. The summed E-state index contributed by atoms with van der Waals surface area (Å²) in [5, 5.41) is 13.3. The van der Waals surface area contributed by atoms with Crippen LogP contribution in [0.5, 0.6) is 5.75 Å². The Kier molecular flexibility index (Phi) is 5.55. The molecule has 1 aliphatic rings. The summed E-state index contributed by atoms with van der Waals surface area (Å²) in [6, 6.07) is 24.6. The van der Waals surface area contributed by atoms with E-state index in [9.17, 15) is 14.7 Å². The van der Waals surface area contributed by atoms with Crippen molar-refractivity contribution in [2.45, 2.75) is 13.0 Å². The van der Waals surface area contributed by atoms with Crippen LogP contribution in [0.2, 0.25) is 0 Å². The van der Waals surface area contributed by atoms with Crippen molar-refractivity contribution in [1.29, 1.82) is 0 Å². The Morgan fingerprint density at radius 2 is 1.74 bits per heavy atom. The van der Waals surface area contributed by atoms with Crippen molar-refractivity contribution < 1.29 is 19.4 Å². The first-order chi connectivity index (χ1) is 16.6. The normalized spacial score (nSPS) is 17.3. The number of ether oxygens (including phenoxy) is 1. The van der Waals surface area contributed by atoms with Crippen molar-refractivity contribution in [3.63, 3.8) is 0 Å². The molecule has 1 amide bonds. The largest absolute Gasteiger partial charge is 0.507 e. The molecule has 1 N–H and O–H groups in total. The maximum Gasteiger partial charge on any atom is 0.300 e. The lowest BCUT2D eigenvalue weighted by Crippen LogP contribution is -2.29. The van der Waals surface area contributed by atoms with Crippen LogP contribution in [0.3, 0.4) is 0 Å². The Bertz CT molecular complexity index is 1430. The summed E-state index contributed by atoms with van der Waals surface area (Å²) in [4.78, 5) is 32.4. The number of hydrogen-bond acceptors (Lipinski definition) is 5. The van der Waals surface area contributed by atoms with Gasteiger partial charge >= 0.3 is 0 Å². The molecular weight excluding hydrogens is 428 g/mol. The fraction of sp³-hybridized carbons (Fsp3) is 0.107. The number of pyridine rings is 1. The third-order valence-electron chi connectivity index (χ3n) is 5.84. The predicted octanol–water partition coefficient (Wildman–Crippen LogP) is 5.26. The smallest absolute Gasteiger partial charge is 0.300 e. The van der Waals surface area contributed by atoms with Gasteiger partial charge in [0, 0.05) is 23.5 Å². The highest BCUT2D eigenvalue weighted by atomic mass is 16.5. The molecular formula is C28H22N2O4. The Balaban J connectivity index is 1.70. The molecule has 0 aliphatic carbocycles. The van der Waals surface area contributed by atoms with Crippen molar-refractivity contribution in [3.8, 4) is 5.75 Å². The van der Waals surface area contributed by atoms with E-state index in [4.69, 9.17) is 4.74 Å². The minimum Gasteiger partial charge on any atom is -0.507 e. The topological polar surface area (TPSA) is 79.7 Å². The summed E-state index contributed by atoms with van der Waals surface area (Å²) < 4.78 is 5.59. The van der Waals surface area contributed by atoms with Crippen LogP contribution in [0, 0.1) is 0 Å². The standard InChI is InChI=1S/C28H22N2O4/c1-2-34-22-11-7-10-21(17-22)30-25(23-12-5-6-15-29-23)24(27(32)28(30)33)26(31)20-14-13-18-8-3-4-9-19(18)16-20/h3-17,25,31H,2H2,1H3/b26-24-. The average Bonchev–Trinajstić information content (AvgIpc) is 3.14. The van der Waals surface area contributed by atoms with E-state index >= 15 is 0 Å². The number of ketones is 1. The summed E-state index contributed by atoms with van der Waals surface area (Å²) in [5.41, 5.74) is 1.42. The van der Waals surface area contributed by atoms with Crippen LogP contribution in [-0.2, 0) is 9.59 Å². The number of hydrogen-bond donors (Lipinski definition) is 1. The van der Waals surface area contributed by atoms with Gasteiger partial charge in [-0.1, -0.05) is 48.5 Å². The summed E-state index contributed by atoms with van der Waals surface area (Å²) in [7, 11) is 0. The van der Waals surface area contributed by atoms with E-state index in [1.165, 1.54) is 4.90 Å². The van der Waals surface area contributed by atoms with Crippen LogP contribution in [0.15, 0.2) is 96.7 Å². The van der Waals surface area contributed by atoms with E-state index in [0.29, 0.717) is 29.3 Å². The van der Waals surface area contributed by atoms with Gasteiger partial charge in [-0.3, -0.25) is 19.5 Å². The zero-order chi connectivity index (χ0) is 23.7. The van der Waals surface area contributed by atoms with Crippen molar-refractivity contribution in [2.75, 3.05) is 11.5 Å². The number of aliphatic hydroxyl groups is 1. The lowest BCUT2D eigenvalue weighted by molar-refractivity contribution is -0.132. The van der Waals surface area contributed by atoms with Gasteiger partial charge in [0.05, 0.1) is 17.9 Å². The summed E-state index contributed by atoms with van der Waals surface area (Å²) >= 11 is 0. The van der Waals surface area contributed by atoms with Crippen LogP contribution >= 0.6 is 0 Å². The molecule has 0 saturated carbocycles. The van der Waals surface area contributed by atoms with Crippen molar-refractivity contribution in [3.05, 3.63) is 108 Å². The highest BCUT2D eigenvalue weighted by Crippen LogP contribution is 2.42. The molecule has 6 nitrogen and oxygen atoms in total. The number of aromatic nitrogens is 1. The fourth-order valence-electron chi connectivity index (χ4n) is 4.30. The van der Waals surface area contributed by atoms with Gasteiger partial charge < -0.3 is 9.84 Å². The van der Waals surface area contributed by atoms with Gasteiger partial charge in [0.15, 0.2) is 0 Å². The number of fused-ring (bicyclic) bond motifs is 1. The summed E-state index contributed by atoms with van der Waals surface area (Å²) in [5.74, 6) is -1.14. The zero-order valence-electron chi connectivity index (χ0n) is 18.5. The number of rotatable bonds is 5. The number of carbonyl (C=O) groups excluding carboxylic acids is 2. The molecule has 1 unspecified atom stereocenters. The molecule has 168 valence electrons. The van der Waals surface area contributed by atoms with Gasteiger partial charge in [0.1, 0.15) is 17.6 Å². The highest BCUT2D eigenvalue weighted by molar-refractivity contribution is 6.51. The second-order valence-electron chi connectivity index (χ2n) is 7.92. The Labute approximate surface area is 196 Å². The molecule has 1 saturated heterocycles. The molecule has 1 aromatic heterocycles. The Morgan fingerprint density at radius 1 is 0.941 bits per heavy atom. The van der Waals surface area contributed by atoms with Crippen LogP contribution in [0.1, 0.15) is 24.2 Å². The number of anilines is 1. The number of benzene rings is 3. The SMILES string of the molecule is CCOc1cccc(N2C(=O)C(=O)/C(=C(\O)c3ccc4ccccc4c3)C2c2ccccn2)c1. The Morgan fingerprint density at radius 3 is 2.50 bits per heavy atom. The third-order valence-corrected chi connectivity index (χ3v) is 5.84. The van der Waals surface area contributed by atoms with E-state index < -0.39 is 17.7 Å². The number of Topliss-reactive ketones (excluding diaryl/α,β-unsaturated/α-hetero) is 1. The van der Waals surface area contributed by atoms with Crippen LogP contribution in [0.4, 0.5) is 5.69 Å². The van der Waals surface area contributed by atoms with Gasteiger partial charge in [0.2, 0.25) is 0 Å². The molecule has 3 aromatic carbocycles. The van der Waals surface area contributed by atoms with E-state index in [1.807, 2.05) is 43.3 Å². The summed E-state index contributed by atoms with van der Waals surface area (Å²) in [6.07, 6.45) is 1.60. The number of carbonyl (C=O) groups is 2. The molecule has 2 heterocycles. The van der Waals surface area contributed by atoms with Crippen molar-refractivity contribution in [2.24, 2.45) is 0 Å². The third kappa shape index (κ3) is 3.69. The Hall–Kier alpha value is -4.45. The number of amides is 1. The molecule has 6 heteroatoms. The van der Waals surface area contributed by atoms with Gasteiger partial charge in [-0.25, -0.2) is 0 Å². The van der Waals surface area contributed by atoms with Crippen molar-refractivity contribution in [1.82, 2.24) is 4.98 Å². The van der Waals surface area contributed by atoms with E-state index in [2.05, 4.69) is 4.98 Å². The van der Waals surface area contributed by atoms with Crippen LogP contribution in [-0.4, -0.2) is 28.4 Å². The molecule has 0 spiro atoms. The first-order valence-electron chi connectivity index (χ1n) is 11.0. The molecule has 1 atom stereocenters. The van der Waals surface area contributed by atoms with Crippen LogP contribution in [0.25, 0.3) is 16.5 Å². The monoisotopic (exact) mass is 450 g/mol. The van der Waals surface area contributed by atoms with Crippen molar-refractivity contribution >= 4 is 33.9 Å². The lowest BCUT2D eigenvalue weighted by atomic mass is 9.97. The first-order valence-corrected chi connectivity index (χ1v) is 11.0. The second-order valence-corrected chi connectivity index (χ2v) is 7.92.